The maximum absolute atomic E-state index is 10.3. The molecule has 27 heavy (non-hydrogen) atoms. The van der Waals surface area contributed by atoms with Crippen LogP contribution in [0.5, 0.6) is 0 Å². The van der Waals surface area contributed by atoms with Gasteiger partial charge in [0.1, 0.15) is 0 Å². The number of hydrogen-bond acceptors (Lipinski definition) is 9. The molecule has 0 aliphatic carbocycles. The van der Waals surface area contributed by atoms with Gasteiger partial charge in [-0.05, 0) is 33.6 Å². The van der Waals surface area contributed by atoms with E-state index >= 15 is 0 Å². The Kier molecular flexibility index (Phi) is 39.1. The SMILES string of the molecule is CC(=O)[O-].CC(=O)[O-].CC(=O)[O-].CCCOC(CCC(=O)O)OCCC.[Al+3]. The van der Waals surface area contributed by atoms with Gasteiger partial charge in [0.25, 0.3) is 0 Å². The summed E-state index contributed by atoms with van der Waals surface area (Å²) in [5, 5.41) is 35.2. The van der Waals surface area contributed by atoms with E-state index < -0.39 is 23.9 Å². The average Bonchev–Trinajstić information content (AvgIpc) is 2.44. The standard InChI is InChI=1S/C10H20O4.3C2H4O2.Al/c1-3-7-13-10(14-8-4-2)6-5-9(11)12;3*1-2(3)4;/h10H,3-8H2,1-2H3,(H,11,12);3*1H3,(H,3,4);/q;;;;+3/p-3. The van der Waals surface area contributed by atoms with Crippen LogP contribution in [0, 0.1) is 0 Å². The molecule has 0 amide bonds. The zero-order valence-corrected chi connectivity index (χ0v) is 17.7. The Morgan fingerprint density at radius 3 is 1.26 bits per heavy atom. The number of ether oxygens (including phenoxy) is 2. The molecule has 11 heteroatoms. The van der Waals surface area contributed by atoms with E-state index in [1.165, 1.54) is 0 Å². The minimum atomic E-state index is -1.08. The quantitative estimate of drug-likeness (QED) is 0.329. The molecule has 0 aliphatic rings. The molecule has 0 aromatic heterocycles. The first-order valence-corrected chi connectivity index (χ1v) is 7.88. The summed E-state index contributed by atoms with van der Waals surface area (Å²) in [6, 6.07) is 0. The summed E-state index contributed by atoms with van der Waals surface area (Å²) < 4.78 is 10.7. The molecule has 0 aromatic carbocycles. The van der Waals surface area contributed by atoms with Crippen molar-refractivity contribution in [3.8, 4) is 0 Å². The van der Waals surface area contributed by atoms with Crippen LogP contribution in [0.2, 0.25) is 0 Å². The van der Waals surface area contributed by atoms with Crippen molar-refractivity contribution in [3.63, 3.8) is 0 Å². The van der Waals surface area contributed by atoms with Crippen molar-refractivity contribution in [2.45, 2.75) is 66.6 Å². The third-order valence-corrected chi connectivity index (χ3v) is 1.61. The van der Waals surface area contributed by atoms with Gasteiger partial charge in [-0.25, -0.2) is 0 Å². The third-order valence-electron chi connectivity index (χ3n) is 1.61. The number of aliphatic carboxylic acids is 4. The van der Waals surface area contributed by atoms with Crippen LogP contribution in [0.3, 0.4) is 0 Å². The average molecular weight is 408 g/mol. The van der Waals surface area contributed by atoms with Crippen molar-refractivity contribution < 1.29 is 49.1 Å². The second-order valence-corrected chi connectivity index (χ2v) is 4.58. The van der Waals surface area contributed by atoms with Gasteiger partial charge in [-0.3, -0.25) is 4.79 Å². The van der Waals surface area contributed by atoms with Crippen LogP contribution in [0.25, 0.3) is 0 Å². The Morgan fingerprint density at radius 1 is 0.815 bits per heavy atom. The minimum Gasteiger partial charge on any atom is -0.550 e. The number of carboxylic acids is 4. The molecular formula is C16H29AlO10. The van der Waals surface area contributed by atoms with Gasteiger partial charge in [-0.1, -0.05) is 13.8 Å². The van der Waals surface area contributed by atoms with Crippen molar-refractivity contribution >= 4 is 41.2 Å². The van der Waals surface area contributed by atoms with Gasteiger partial charge >= 0.3 is 23.3 Å². The number of carbonyl (C=O) groups is 4. The molecule has 0 bridgehead atoms. The molecule has 0 heterocycles. The Labute approximate surface area is 170 Å². The second-order valence-electron chi connectivity index (χ2n) is 4.58. The van der Waals surface area contributed by atoms with E-state index in [9.17, 15) is 4.79 Å². The second kappa shape index (κ2) is 29.1. The molecule has 0 fully saturated rings. The largest absolute Gasteiger partial charge is 3.00 e. The normalized spacial score (nSPS) is 8.37. The van der Waals surface area contributed by atoms with Crippen LogP contribution in [0.15, 0.2) is 0 Å². The number of carboxylic acid groups (broad SMARTS) is 4. The van der Waals surface area contributed by atoms with E-state index in [2.05, 4.69) is 0 Å². The Hall–Kier alpha value is -1.67. The summed E-state index contributed by atoms with van der Waals surface area (Å²) in [4.78, 5) is 37.0. The molecule has 0 rings (SSSR count). The molecule has 156 valence electrons. The Bertz CT molecular complexity index is 326. The molecule has 0 unspecified atom stereocenters. The van der Waals surface area contributed by atoms with Gasteiger partial charge in [-0.2, -0.15) is 0 Å². The molecule has 0 atom stereocenters. The summed E-state index contributed by atoms with van der Waals surface area (Å²) in [5.41, 5.74) is 0. The summed E-state index contributed by atoms with van der Waals surface area (Å²) in [6.45, 7) is 8.17. The fraction of sp³-hybridized carbons (Fsp3) is 0.750. The van der Waals surface area contributed by atoms with Crippen molar-refractivity contribution in [2.24, 2.45) is 0 Å². The van der Waals surface area contributed by atoms with Crippen LogP contribution in [-0.2, 0) is 28.7 Å². The molecule has 1 N–H and O–H groups in total. The smallest absolute Gasteiger partial charge is 0.550 e. The molecule has 0 aliphatic heterocycles. The van der Waals surface area contributed by atoms with E-state index in [4.69, 9.17) is 44.3 Å². The first-order valence-electron chi connectivity index (χ1n) is 7.88. The van der Waals surface area contributed by atoms with Crippen LogP contribution in [0.1, 0.15) is 60.3 Å². The minimum absolute atomic E-state index is 0. The monoisotopic (exact) mass is 408 g/mol. The maximum Gasteiger partial charge on any atom is 3.00 e. The molecule has 0 radical (unpaired) electrons. The summed E-state index contributed by atoms with van der Waals surface area (Å²) in [6.07, 6.45) is 2.00. The van der Waals surface area contributed by atoms with E-state index in [0.717, 1.165) is 33.6 Å². The molecule has 10 nitrogen and oxygen atoms in total. The van der Waals surface area contributed by atoms with Crippen LogP contribution in [-0.4, -0.2) is 65.8 Å². The van der Waals surface area contributed by atoms with Crippen LogP contribution >= 0.6 is 0 Å². The van der Waals surface area contributed by atoms with Crippen molar-refractivity contribution in [1.29, 1.82) is 0 Å². The number of hydrogen-bond donors (Lipinski definition) is 1. The molecule has 0 saturated heterocycles. The molecule has 0 saturated carbocycles. The fourth-order valence-corrected chi connectivity index (χ4v) is 0.955. The van der Waals surface area contributed by atoms with Crippen molar-refractivity contribution in [2.75, 3.05) is 13.2 Å². The predicted molar refractivity (Wildman–Crippen MR) is 90.9 cm³/mol. The fourth-order valence-electron chi connectivity index (χ4n) is 0.955. The van der Waals surface area contributed by atoms with E-state index in [1.54, 1.807) is 0 Å². The molecular weight excluding hydrogens is 379 g/mol. The van der Waals surface area contributed by atoms with Crippen LogP contribution in [0.4, 0.5) is 0 Å². The first kappa shape index (κ1) is 36.3. The first-order chi connectivity index (χ1) is 11.9. The zero-order chi connectivity index (χ0) is 21.5. The van der Waals surface area contributed by atoms with E-state index in [0.29, 0.717) is 19.6 Å². The molecule has 0 aromatic rings. The Balaban J connectivity index is -0.000000102. The van der Waals surface area contributed by atoms with Gasteiger partial charge in [0.05, 0.1) is 6.42 Å². The Morgan fingerprint density at radius 2 is 1.07 bits per heavy atom. The third kappa shape index (κ3) is 94.5. The van der Waals surface area contributed by atoms with E-state index in [1.807, 2.05) is 13.8 Å². The van der Waals surface area contributed by atoms with Crippen molar-refractivity contribution in [3.05, 3.63) is 0 Å². The number of rotatable bonds is 9. The maximum atomic E-state index is 10.3. The van der Waals surface area contributed by atoms with Gasteiger partial charge in [0.2, 0.25) is 0 Å². The van der Waals surface area contributed by atoms with Gasteiger partial charge in [-0.15, -0.1) is 0 Å². The molecule has 0 spiro atoms. The van der Waals surface area contributed by atoms with Crippen molar-refractivity contribution in [1.82, 2.24) is 0 Å². The number of carbonyl (C=O) groups excluding carboxylic acids is 3. The summed E-state index contributed by atoms with van der Waals surface area (Å²) in [7, 11) is 0. The zero-order valence-electron chi connectivity index (χ0n) is 16.5. The van der Waals surface area contributed by atoms with Crippen LogP contribution < -0.4 is 15.3 Å². The van der Waals surface area contributed by atoms with E-state index in [-0.39, 0.29) is 30.1 Å². The predicted octanol–water partition coefficient (Wildman–Crippen LogP) is -2.08. The topological polar surface area (TPSA) is 176 Å². The van der Waals surface area contributed by atoms with Gasteiger partial charge in [0, 0.05) is 37.5 Å². The van der Waals surface area contributed by atoms with Gasteiger partial charge < -0.3 is 44.3 Å². The summed E-state index contributed by atoms with van der Waals surface area (Å²) in [5.74, 6) is -4.06. The van der Waals surface area contributed by atoms with Gasteiger partial charge in [0.15, 0.2) is 6.29 Å². The summed E-state index contributed by atoms with van der Waals surface area (Å²) >= 11 is 0.